The van der Waals surface area contributed by atoms with Crippen LogP contribution in [0.5, 0.6) is 11.5 Å². The molecule has 0 saturated carbocycles. The number of nitrogens with one attached hydrogen (secondary N) is 2. The Morgan fingerprint density at radius 2 is 1.82 bits per heavy atom. The summed E-state index contributed by atoms with van der Waals surface area (Å²) in [6.45, 7) is 3.82. The van der Waals surface area contributed by atoms with Crippen LogP contribution in [0, 0.1) is 6.92 Å². The van der Waals surface area contributed by atoms with Crippen LogP contribution >= 0.6 is 12.2 Å². The lowest BCUT2D eigenvalue weighted by Gasteiger charge is -2.26. The fourth-order valence-electron chi connectivity index (χ4n) is 4.57. The van der Waals surface area contributed by atoms with Gasteiger partial charge < -0.3 is 29.4 Å². The fourth-order valence-corrected chi connectivity index (χ4v) is 4.84. The zero-order chi connectivity index (χ0) is 27.4. The van der Waals surface area contributed by atoms with E-state index in [0.717, 1.165) is 10.9 Å². The van der Waals surface area contributed by atoms with E-state index in [-0.39, 0.29) is 12.1 Å². The SMILES string of the molecule is COC(=O)c1ccccc1NC(=S)N(CCc1cccc(C)c1)Cc1cc2cc3c(cc2[nH]c1=O)OCCO3. The maximum Gasteiger partial charge on any atom is 0.339 e. The third-order valence-corrected chi connectivity index (χ3v) is 6.92. The molecule has 0 spiro atoms. The molecule has 5 rings (SSSR count). The molecule has 0 saturated heterocycles. The number of carbonyl (C=O) groups excluding carboxylic acids is 1. The zero-order valence-corrected chi connectivity index (χ0v) is 22.6. The van der Waals surface area contributed by atoms with Crippen molar-refractivity contribution in [1.29, 1.82) is 0 Å². The number of rotatable bonds is 7. The number of anilines is 1. The molecular formula is C30H29N3O5S. The second-order valence-electron chi connectivity index (χ2n) is 9.33. The minimum atomic E-state index is -0.465. The first kappa shape index (κ1) is 26.2. The number of fused-ring (bicyclic) bond motifs is 2. The first-order chi connectivity index (χ1) is 18.9. The molecule has 0 bridgehead atoms. The van der Waals surface area contributed by atoms with E-state index in [1.807, 2.05) is 29.2 Å². The second-order valence-corrected chi connectivity index (χ2v) is 9.72. The van der Waals surface area contributed by atoms with Crippen molar-refractivity contribution >= 4 is 39.9 Å². The van der Waals surface area contributed by atoms with Crippen molar-refractivity contribution in [2.45, 2.75) is 19.9 Å². The van der Waals surface area contributed by atoms with Gasteiger partial charge in [-0.15, -0.1) is 0 Å². The van der Waals surface area contributed by atoms with Crippen LogP contribution in [0.4, 0.5) is 5.69 Å². The van der Waals surface area contributed by atoms with Gasteiger partial charge in [-0.2, -0.15) is 0 Å². The molecule has 0 radical (unpaired) electrons. The van der Waals surface area contributed by atoms with E-state index in [9.17, 15) is 9.59 Å². The Morgan fingerprint density at radius 3 is 2.59 bits per heavy atom. The number of aryl methyl sites for hydroxylation is 1. The first-order valence-corrected chi connectivity index (χ1v) is 13.1. The Kier molecular flexibility index (Phi) is 7.79. The maximum absolute atomic E-state index is 13.1. The molecule has 0 atom stereocenters. The Morgan fingerprint density at radius 1 is 1.05 bits per heavy atom. The van der Waals surface area contributed by atoms with Gasteiger partial charge in [0, 0.05) is 23.6 Å². The summed E-state index contributed by atoms with van der Waals surface area (Å²) in [6.07, 6.45) is 0.715. The largest absolute Gasteiger partial charge is 0.486 e. The maximum atomic E-state index is 13.1. The lowest BCUT2D eigenvalue weighted by Crippen LogP contribution is -2.37. The Balaban J connectivity index is 1.45. The highest BCUT2D eigenvalue weighted by Crippen LogP contribution is 2.33. The lowest BCUT2D eigenvalue weighted by atomic mass is 10.1. The smallest absolute Gasteiger partial charge is 0.339 e. The van der Waals surface area contributed by atoms with Gasteiger partial charge in [0.1, 0.15) is 13.2 Å². The molecule has 2 N–H and O–H groups in total. The molecule has 2 heterocycles. The Hall–Kier alpha value is -4.37. The van der Waals surface area contributed by atoms with Gasteiger partial charge in [-0.1, -0.05) is 42.0 Å². The Labute approximate surface area is 231 Å². The predicted octanol–water partition coefficient (Wildman–Crippen LogP) is 4.84. The van der Waals surface area contributed by atoms with Gasteiger partial charge in [0.15, 0.2) is 16.6 Å². The molecule has 1 aliphatic rings. The van der Waals surface area contributed by atoms with E-state index in [1.54, 1.807) is 24.3 Å². The summed E-state index contributed by atoms with van der Waals surface area (Å²) in [7, 11) is 1.34. The molecule has 3 aromatic carbocycles. The average molecular weight is 544 g/mol. The molecule has 8 nitrogen and oxygen atoms in total. The minimum Gasteiger partial charge on any atom is -0.486 e. The highest BCUT2D eigenvalue weighted by molar-refractivity contribution is 7.80. The summed E-state index contributed by atoms with van der Waals surface area (Å²) >= 11 is 5.81. The molecule has 39 heavy (non-hydrogen) atoms. The van der Waals surface area contributed by atoms with Crippen LogP contribution in [0.2, 0.25) is 0 Å². The summed E-state index contributed by atoms with van der Waals surface area (Å²) in [5.74, 6) is 0.805. The molecular weight excluding hydrogens is 514 g/mol. The van der Waals surface area contributed by atoms with Crippen molar-refractivity contribution in [2.24, 2.45) is 0 Å². The van der Waals surface area contributed by atoms with Crippen LogP contribution in [-0.2, 0) is 17.7 Å². The van der Waals surface area contributed by atoms with E-state index in [1.165, 1.54) is 12.7 Å². The van der Waals surface area contributed by atoms with Crippen molar-refractivity contribution in [3.63, 3.8) is 0 Å². The summed E-state index contributed by atoms with van der Waals surface area (Å²) < 4.78 is 16.3. The quantitative estimate of drug-likeness (QED) is 0.253. The van der Waals surface area contributed by atoms with Crippen molar-refractivity contribution in [2.75, 3.05) is 32.2 Å². The number of H-pyrrole nitrogens is 1. The number of ether oxygens (including phenoxy) is 3. The topological polar surface area (TPSA) is 92.9 Å². The molecule has 9 heteroatoms. The summed E-state index contributed by atoms with van der Waals surface area (Å²) in [5, 5.41) is 4.42. The summed E-state index contributed by atoms with van der Waals surface area (Å²) in [4.78, 5) is 30.3. The molecule has 200 valence electrons. The van der Waals surface area contributed by atoms with Crippen molar-refractivity contribution in [1.82, 2.24) is 9.88 Å². The highest BCUT2D eigenvalue weighted by Gasteiger charge is 2.19. The monoisotopic (exact) mass is 543 g/mol. The van der Waals surface area contributed by atoms with Gasteiger partial charge in [0.25, 0.3) is 5.56 Å². The average Bonchev–Trinajstić information content (AvgIpc) is 2.94. The number of thiocarbonyl (C=S) groups is 1. The van der Waals surface area contributed by atoms with E-state index in [0.29, 0.717) is 65.1 Å². The second kappa shape index (κ2) is 11.6. The van der Waals surface area contributed by atoms with E-state index < -0.39 is 5.97 Å². The van der Waals surface area contributed by atoms with Gasteiger partial charge in [-0.3, -0.25) is 4.79 Å². The highest BCUT2D eigenvalue weighted by atomic mass is 32.1. The molecule has 1 aromatic heterocycles. The van der Waals surface area contributed by atoms with Crippen molar-refractivity contribution in [3.05, 3.63) is 99.3 Å². The van der Waals surface area contributed by atoms with Gasteiger partial charge in [-0.05, 0) is 55.4 Å². The fraction of sp³-hybridized carbons (Fsp3) is 0.233. The van der Waals surface area contributed by atoms with Crippen molar-refractivity contribution in [3.8, 4) is 11.5 Å². The minimum absolute atomic E-state index is 0.211. The third-order valence-electron chi connectivity index (χ3n) is 6.56. The van der Waals surface area contributed by atoms with Crippen LogP contribution < -0.4 is 20.3 Å². The van der Waals surface area contributed by atoms with Crippen LogP contribution in [0.15, 0.2) is 71.5 Å². The van der Waals surface area contributed by atoms with E-state index >= 15 is 0 Å². The molecule has 0 amide bonds. The number of esters is 1. The number of aromatic nitrogens is 1. The number of hydrogen-bond acceptors (Lipinski definition) is 6. The molecule has 0 fully saturated rings. The van der Waals surface area contributed by atoms with Gasteiger partial charge in [0.2, 0.25) is 0 Å². The van der Waals surface area contributed by atoms with Crippen molar-refractivity contribution < 1.29 is 19.0 Å². The number of pyridine rings is 1. The summed E-state index contributed by atoms with van der Waals surface area (Å²) in [6, 6.07) is 20.8. The number of nitrogens with zero attached hydrogens (tertiary/aromatic N) is 1. The molecule has 0 unspecified atom stereocenters. The number of methoxy groups -OCH3 is 1. The van der Waals surface area contributed by atoms with Crippen LogP contribution in [0.3, 0.4) is 0 Å². The predicted molar refractivity (Wildman–Crippen MR) is 155 cm³/mol. The number of para-hydroxylation sites is 1. The number of benzene rings is 3. The Bertz CT molecular complexity index is 1600. The first-order valence-electron chi connectivity index (χ1n) is 12.7. The molecule has 0 aliphatic carbocycles. The number of carbonyl (C=O) groups is 1. The van der Waals surface area contributed by atoms with Gasteiger partial charge in [-0.25, -0.2) is 4.79 Å². The lowest BCUT2D eigenvalue weighted by molar-refractivity contribution is 0.0602. The van der Waals surface area contributed by atoms with Crippen LogP contribution in [-0.4, -0.2) is 47.8 Å². The normalized spacial score (nSPS) is 12.2. The van der Waals surface area contributed by atoms with Crippen LogP contribution in [0.1, 0.15) is 27.0 Å². The number of aromatic amines is 1. The zero-order valence-electron chi connectivity index (χ0n) is 21.8. The third kappa shape index (κ3) is 6.04. The van der Waals surface area contributed by atoms with Crippen LogP contribution in [0.25, 0.3) is 10.9 Å². The van der Waals surface area contributed by atoms with E-state index in [2.05, 4.69) is 35.4 Å². The van der Waals surface area contributed by atoms with Gasteiger partial charge in [0.05, 0.1) is 30.4 Å². The molecule has 1 aliphatic heterocycles. The van der Waals surface area contributed by atoms with Gasteiger partial charge >= 0.3 is 5.97 Å². The standard InChI is InChI=1S/C30H29N3O5S/c1-19-6-5-7-20(14-19)10-11-33(30(39)32-24-9-4-3-8-23(24)29(35)36-2)18-22-15-21-16-26-27(38-13-12-37-26)17-25(21)31-28(22)34/h3-9,14-17H,10-13,18H2,1-2H3,(H,31,34)(H,32,39). The number of hydrogen-bond donors (Lipinski definition) is 2. The van der Waals surface area contributed by atoms with E-state index in [4.69, 9.17) is 26.4 Å². The summed E-state index contributed by atoms with van der Waals surface area (Å²) in [5.41, 5.74) is 4.25. The molecule has 4 aromatic rings.